The van der Waals surface area contributed by atoms with Gasteiger partial charge in [-0.1, -0.05) is 98.7 Å². The quantitative estimate of drug-likeness (QED) is 0.235. The van der Waals surface area contributed by atoms with Crippen LogP contribution >= 0.6 is 98.7 Å². The van der Waals surface area contributed by atoms with Gasteiger partial charge in [0.05, 0.1) is 19.7 Å². The van der Waals surface area contributed by atoms with Crippen molar-refractivity contribution in [3.8, 4) is 11.5 Å². The second-order valence-corrected chi connectivity index (χ2v) is 11.3. The zero-order valence-corrected chi connectivity index (χ0v) is 22.6. The predicted octanol–water partition coefficient (Wildman–Crippen LogP) is 8.22. The van der Waals surface area contributed by atoms with Crippen molar-refractivity contribution in [1.29, 1.82) is 0 Å². The molecule has 0 radical (unpaired) electrons. The van der Waals surface area contributed by atoms with E-state index < -0.39 is 0 Å². The third-order valence-corrected chi connectivity index (χ3v) is 9.26. The summed E-state index contributed by atoms with van der Waals surface area (Å²) >= 11 is 28.1. The minimum atomic E-state index is 0.236. The van der Waals surface area contributed by atoms with Gasteiger partial charge in [0.2, 0.25) is 0 Å². The van der Waals surface area contributed by atoms with Gasteiger partial charge < -0.3 is 9.47 Å². The summed E-state index contributed by atoms with van der Waals surface area (Å²) in [6.07, 6.45) is 0. The number of halogens is 6. The van der Waals surface area contributed by atoms with E-state index in [1.54, 1.807) is 11.8 Å². The Morgan fingerprint density at radius 3 is 1.52 bits per heavy atom. The van der Waals surface area contributed by atoms with Crippen LogP contribution in [-0.4, -0.2) is 33.5 Å². The molecule has 0 aromatic heterocycles. The summed E-state index contributed by atoms with van der Waals surface area (Å²) in [6.45, 7) is 1.08. The maximum absolute atomic E-state index is 6.34. The van der Waals surface area contributed by atoms with Gasteiger partial charge >= 0.3 is 0 Å². The largest absolute Gasteiger partial charge is 0.491 e. The molecule has 2 unspecified atom stereocenters. The van der Waals surface area contributed by atoms with Gasteiger partial charge in [-0.05, 0) is 36.4 Å². The molecule has 0 heterocycles. The molecule has 0 saturated carbocycles. The fourth-order valence-electron chi connectivity index (χ4n) is 1.91. The lowest BCUT2D eigenvalue weighted by Crippen LogP contribution is -2.12. The van der Waals surface area contributed by atoms with E-state index in [9.17, 15) is 0 Å². The minimum Gasteiger partial charge on any atom is -0.491 e. The van der Waals surface area contributed by atoms with E-state index in [1.165, 1.54) is 0 Å². The van der Waals surface area contributed by atoms with Crippen LogP contribution < -0.4 is 9.47 Å². The molecule has 2 atom stereocenters. The minimum absolute atomic E-state index is 0.236. The molecule has 9 heteroatoms. The van der Waals surface area contributed by atoms with Crippen molar-refractivity contribution in [2.45, 2.75) is 19.4 Å². The Morgan fingerprint density at radius 1 is 0.778 bits per heavy atom. The van der Waals surface area contributed by atoms with Gasteiger partial charge in [0.1, 0.15) is 24.7 Å². The van der Waals surface area contributed by atoms with Gasteiger partial charge in [-0.25, -0.2) is 0 Å². The molecule has 0 amide bonds. The fraction of sp³-hybridized carbons (Fsp3) is 0.333. The molecule has 2 aromatic rings. The van der Waals surface area contributed by atoms with Gasteiger partial charge in [0, 0.05) is 20.5 Å². The molecule has 0 aliphatic carbocycles. The maximum Gasteiger partial charge on any atom is 0.138 e. The highest BCUT2D eigenvalue weighted by atomic mass is 79.9. The van der Waals surface area contributed by atoms with E-state index in [2.05, 4.69) is 63.7 Å². The first kappa shape index (κ1) is 24.2. The SMILES string of the molecule is Clc1cc(Sc2ccc(OCC(Br)CBr)c(Cl)c2)ccc1OCC(Br)CBr. The molecule has 2 rings (SSSR count). The number of alkyl halides is 4. The lowest BCUT2D eigenvalue weighted by atomic mass is 10.3. The number of rotatable bonds is 10. The Kier molecular flexibility index (Phi) is 11.2. The van der Waals surface area contributed by atoms with Crippen molar-refractivity contribution in [1.82, 2.24) is 0 Å². The van der Waals surface area contributed by atoms with Crippen molar-refractivity contribution in [3.05, 3.63) is 46.4 Å². The van der Waals surface area contributed by atoms with Gasteiger partial charge in [0.25, 0.3) is 0 Å². The molecule has 148 valence electrons. The third-order valence-electron chi connectivity index (χ3n) is 3.22. The van der Waals surface area contributed by atoms with E-state index in [-0.39, 0.29) is 9.65 Å². The standard InChI is InChI=1S/C18H16Br4Cl2O2S/c19-7-11(21)9-25-17-3-1-13(5-15(17)23)27-14-2-4-18(16(24)6-14)26-10-12(22)8-20/h1-6,11-12H,7-10H2. The van der Waals surface area contributed by atoms with Crippen LogP contribution in [0, 0.1) is 0 Å². The number of ether oxygens (including phenoxy) is 2. The van der Waals surface area contributed by atoms with Crippen LogP contribution in [0.25, 0.3) is 0 Å². The molecule has 0 N–H and O–H groups in total. The second kappa shape index (κ2) is 12.6. The van der Waals surface area contributed by atoms with Gasteiger partial charge in [-0.2, -0.15) is 0 Å². The number of hydrogen-bond acceptors (Lipinski definition) is 3. The van der Waals surface area contributed by atoms with Crippen molar-refractivity contribution in [2.24, 2.45) is 0 Å². The molecule has 0 bridgehead atoms. The van der Waals surface area contributed by atoms with Crippen molar-refractivity contribution >= 4 is 98.7 Å². The summed E-state index contributed by atoms with van der Waals surface area (Å²) in [7, 11) is 0. The molecule has 0 aliphatic rings. The average molecular weight is 687 g/mol. The molecule has 0 spiro atoms. The Balaban J connectivity index is 2.00. The van der Waals surface area contributed by atoms with Crippen molar-refractivity contribution in [3.63, 3.8) is 0 Å². The summed E-state index contributed by atoms with van der Waals surface area (Å²) in [5.41, 5.74) is 0. The first-order chi connectivity index (χ1) is 12.9. The van der Waals surface area contributed by atoms with Gasteiger partial charge in [-0.15, -0.1) is 0 Å². The van der Waals surface area contributed by atoms with E-state index in [1.807, 2.05) is 36.4 Å². The summed E-state index contributed by atoms with van der Waals surface area (Å²) < 4.78 is 11.4. The molecular formula is C18H16Br4Cl2O2S. The van der Waals surface area contributed by atoms with Crippen LogP contribution in [0.2, 0.25) is 10.0 Å². The van der Waals surface area contributed by atoms with Gasteiger partial charge in [-0.3, -0.25) is 0 Å². The molecule has 0 aliphatic heterocycles. The molecule has 2 nitrogen and oxygen atoms in total. The van der Waals surface area contributed by atoms with Crippen LogP contribution in [0.1, 0.15) is 0 Å². The van der Waals surface area contributed by atoms with E-state index >= 15 is 0 Å². The highest BCUT2D eigenvalue weighted by Gasteiger charge is 2.10. The highest BCUT2D eigenvalue weighted by Crippen LogP contribution is 2.37. The Morgan fingerprint density at radius 2 is 1.19 bits per heavy atom. The first-order valence-electron chi connectivity index (χ1n) is 7.85. The van der Waals surface area contributed by atoms with Crippen LogP contribution in [-0.2, 0) is 0 Å². The summed E-state index contributed by atoms with van der Waals surface area (Å²) in [4.78, 5) is 2.49. The lowest BCUT2D eigenvalue weighted by molar-refractivity contribution is 0.325. The van der Waals surface area contributed by atoms with Crippen LogP contribution in [0.4, 0.5) is 0 Å². The smallest absolute Gasteiger partial charge is 0.138 e. The van der Waals surface area contributed by atoms with Gasteiger partial charge in [0.15, 0.2) is 0 Å². The number of benzene rings is 2. The topological polar surface area (TPSA) is 18.5 Å². The molecular weight excluding hydrogens is 671 g/mol. The average Bonchev–Trinajstić information content (AvgIpc) is 2.66. The second-order valence-electron chi connectivity index (χ2n) is 5.41. The molecule has 2 aromatic carbocycles. The van der Waals surface area contributed by atoms with E-state index in [0.717, 1.165) is 20.5 Å². The summed E-state index contributed by atoms with van der Waals surface area (Å²) in [6, 6.07) is 11.5. The highest BCUT2D eigenvalue weighted by molar-refractivity contribution is 9.12. The van der Waals surface area contributed by atoms with E-state index in [4.69, 9.17) is 32.7 Å². The van der Waals surface area contributed by atoms with Crippen molar-refractivity contribution in [2.75, 3.05) is 23.9 Å². The van der Waals surface area contributed by atoms with E-state index in [0.29, 0.717) is 34.8 Å². The maximum atomic E-state index is 6.34. The Bertz CT molecular complexity index is 690. The Labute approximate surface area is 207 Å². The zero-order valence-electron chi connectivity index (χ0n) is 13.9. The number of hydrogen-bond donors (Lipinski definition) is 0. The summed E-state index contributed by atoms with van der Waals surface area (Å²) in [5, 5.41) is 2.79. The normalized spacial score (nSPS) is 13.3. The third kappa shape index (κ3) is 8.27. The summed E-state index contributed by atoms with van der Waals surface area (Å²) in [5.74, 6) is 1.34. The van der Waals surface area contributed by atoms with Crippen molar-refractivity contribution < 1.29 is 9.47 Å². The van der Waals surface area contributed by atoms with Crippen LogP contribution in [0.15, 0.2) is 46.2 Å². The van der Waals surface area contributed by atoms with Crippen LogP contribution in [0.3, 0.4) is 0 Å². The monoisotopic (exact) mass is 682 g/mol. The predicted molar refractivity (Wildman–Crippen MR) is 131 cm³/mol. The fourth-order valence-corrected chi connectivity index (χ4v) is 4.05. The van der Waals surface area contributed by atoms with Crippen LogP contribution in [0.5, 0.6) is 11.5 Å². The molecule has 27 heavy (non-hydrogen) atoms. The molecule has 0 saturated heterocycles. The molecule has 0 fully saturated rings. The zero-order chi connectivity index (χ0) is 19.8. The lowest BCUT2D eigenvalue weighted by Gasteiger charge is -2.13. The first-order valence-corrected chi connectivity index (χ1v) is 13.5. The Hall–Kier alpha value is 0.890.